The second-order valence-corrected chi connectivity index (χ2v) is 25.6. The molecule has 0 amide bonds. The number of nitrogens with two attached hydrogens (primary N) is 1. The highest BCUT2D eigenvalue weighted by Gasteiger charge is 2.69. The lowest BCUT2D eigenvalue weighted by atomic mass is 9.37. The number of aliphatic hydroxyl groups is 3. The Morgan fingerprint density at radius 2 is 1.71 bits per heavy atom. The molecule has 7 aliphatic carbocycles. The van der Waals surface area contributed by atoms with Gasteiger partial charge in [-0.1, -0.05) is 86.6 Å². The molecule has 12 nitrogen and oxygen atoms in total. The molecule has 6 fully saturated rings. The number of H-pyrrole nitrogens is 1. The highest BCUT2D eigenvalue weighted by atomic mass is 16.5. The molecule has 5 saturated carbocycles. The first kappa shape index (κ1) is 52.0. The molecule has 12 heteroatoms. The molecule has 13 rings (SSSR count). The minimum Gasteiger partial charge on any atom is -0.504 e. The Bertz CT molecular complexity index is 3090. The molecule has 412 valence electrons. The number of ether oxygens (including phenoxy) is 1. The van der Waals surface area contributed by atoms with E-state index in [2.05, 4.69) is 88.4 Å². The van der Waals surface area contributed by atoms with E-state index in [1.54, 1.807) is 12.1 Å². The summed E-state index contributed by atoms with van der Waals surface area (Å²) in [6.45, 7) is 4.52. The van der Waals surface area contributed by atoms with E-state index in [4.69, 9.17) is 10.5 Å². The molecule has 3 aromatic carbocycles. The van der Waals surface area contributed by atoms with Crippen molar-refractivity contribution in [3.63, 3.8) is 0 Å². The average Bonchev–Trinajstić information content (AvgIpc) is 2.77. The Morgan fingerprint density at radius 3 is 2.51 bits per heavy atom. The van der Waals surface area contributed by atoms with Crippen LogP contribution in [0.4, 0.5) is 0 Å². The fourth-order valence-corrected chi connectivity index (χ4v) is 19.0. The van der Waals surface area contributed by atoms with Gasteiger partial charge in [0.15, 0.2) is 17.3 Å². The van der Waals surface area contributed by atoms with Gasteiger partial charge in [0, 0.05) is 67.0 Å². The lowest BCUT2D eigenvalue weighted by Gasteiger charge is -2.71. The van der Waals surface area contributed by atoms with Gasteiger partial charge in [-0.2, -0.15) is 0 Å². The molecule has 4 aromatic rings. The maximum absolute atomic E-state index is 15.3. The van der Waals surface area contributed by atoms with Crippen LogP contribution in [0.3, 0.4) is 0 Å². The summed E-state index contributed by atoms with van der Waals surface area (Å²) in [6.07, 6.45) is 13.8. The molecule has 78 heavy (non-hydrogen) atoms. The third-order valence-corrected chi connectivity index (χ3v) is 22.0. The number of Topliss-reactive ketones (excluding diaryl/α,β-unsaturated/α-hetero) is 2. The van der Waals surface area contributed by atoms with Crippen LogP contribution in [-0.4, -0.2) is 93.6 Å². The van der Waals surface area contributed by atoms with E-state index in [-0.39, 0.29) is 71.8 Å². The van der Waals surface area contributed by atoms with Crippen LogP contribution < -0.4 is 26.4 Å². The molecular weight excluding hydrogens is 975 g/mol. The summed E-state index contributed by atoms with van der Waals surface area (Å²) in [6, 6.07) is 20.4. The summed E-state index contributed by atoms with van der Waals surface area (Å²) in [5.74, 6) is 10.3. The molecule has 17 atom stereocenters. The van der Waals surface area contributed by atoms with Gasteiger partial charge in [0.25, 0.3) is 0 Å². The van der Waals surface area contributed by atoms with Crippen LogP contribution in [0.2, 0.25) is 0 Å². The van der Waals surface area contributed by atoms with E-state index in [1.807, 2.05) is 18.2 Å². The third-order valence-electron chi connectivity index (χ3n) is 22.0. The van der Waals surface area contributed by atoms with Crippen molar-refractivity contribution in [1.29, 1.82) is 0 Å². The molecule has 0 radical (unpaired) electrons. The van der Waals surface area contributed by atoms with E-state index < -0.39 is 29.6 Å². The van der Waals surface area contributed by atoms with E-state index in [0.29, 0.717) is 90.8 Å². The Balaban J connectivity index is 0.843. The first-order chi connectivity index (χ1) is 37.9. The largest absolute Gasteiger partial charge is 0.504 e. The lowest BCUT2D eigenvalue weighted by molar-refractivity contribution is -0.186. The molecule has 0 bridgehead atoms. The summed E-state index contributed by atoms with van der Waals surface area (Å²) in [4.78, 5) is 32.9. The number of rotatable bonds is 11. The molecule has 10 N–H and O–H groups in total. The summed E-state index contributed by atoms with van der Waals surface area (Å²) in [5, 5.41) is 62.9. The second kappa shape index (κ2) is 20.6. The molecule has 1 aromatic heterocycles. The Hall–Kier alpha value is -5.42. The number of allylic oxidation sites excluding steroid dienone is 2. The molecule has 2 spiro atoms. The highest BCUT2D eigenvalue weighted by Crippen LogP contribution is 2.71. The molecule has 1 saturated heterocycles. The standard InChI is InChI=1S/C66H81N5O7/c1-3-68-35-50-58-43-18-24-65(64(77)45(43)14-15-46(58)62-61-59-49(44-20-26-70-63(44)60(50)61)31-42(72)32-51(59)71-66(62)21-7-4-8-22-66)23-17-40(48-34-54(75)55(78-2)29-39(48)13-16-56(65)76)28-52(73)53(74)33-47(41-19-25-69-57(67)30-41)38-12-11-36-9-5-6-10-37(36)27-38/h5-6,9-12,19-20,26-27,29-30,34,40,43,45-47,49-53,58-62,64,68-71,73-75,77H,3-4,7-8,13-16,18,21-22,24-25,28,31-33,35,67H2,1-2H3/t40-,43-,45-,46+,47+,49-,50+,51-,52+,53-,58-,59+,60-,61-,62-,64-,65+/m1/s1. The summed E-state index contributed by atoms with van der Waals surface area (Å²) >= 11 is 0. The SMILES string of the molecule is CCNC[C@@H]1[C@H]2c3[nH]ccc3[C@H]3CC(=O)C[C@H]4NC5(CCCCC5)[C@H]([C@H]5CC[C@@H]6[C@@H](CC[C@]7(C#C[C@H](C[C@H](O)[C@H](O)C[C@H](C8=CCNC(N)=C8)c8ccc9ccccc9c8)c8cc(O)c(OC)cc8CCC7=O)[C@@H]6O)[C@@H]15)[C@@H]2[C@@H]34. The smallest absolute Gasteiger partial charge is 0.160 e. The first-order valence-electron chi connectivity index (χ1n) is 30.0. The molecule has 9 aliphatic rings. The molecule has 2 aliphatic heterocycles. The van der Waals surface area contributed by atoms with Crippen molar-refractivity contribution in [3.8, 4) is 23.3 Å². The zero-order valence-electron chi connectivity index (χ0n) is 45.6. The summed E-state index contributed by atoms with van der Waals surface area (Å²) in [7, 11) is 1.51. The topological polar surface area (TPSA) is 202 Å². The van der Waals surface area contributed by atoms with Gasteiger partial charge in [-0.25, -0.2) is 0 Å². The fourth-order valence-electron chi connectivity index (χ4n) is 19.0. The van der Waals surface area contributed by atoms with Gasteiger partial charge in [0.05, 0.1) is 31.2 Å². The zero-order valence-corrected chi connectivity index (χ0v) is 45.6. The minimum atomic E-state index is -1.32. The number of aromatic hydroxyl groups is 1. The highest BCUT2D eigenvalue weighted by molar-refractivity contribution is 5.89. The van der Waals surface area contributed by atoms with Crippen molar-refractivity contribution in [2.45, 2.75) is 157 Å². The van der Waals surface area contributed by atoms with Crippen molar-refractivity contribution in [2.24, 2.45) is 58.5 Å². The number of phenols is 1. The van der Waals surface area contributed by atoms with Crippen LogP contribution in [-0.2, 0) is 16.0 Å². The number of dihydropyridines is 1. The van der Waals surface area contributed by atoms with E-state index in [1.165, 1.54) is 37.6 Å². The molecule has 3 heterocycles. The summed E-state index contributed by atoms with van der Waals surface area (Å²) < 4.78 is 5.62. The normalized spacial score (nSPS) is 35.5. The number of piperidine rings is 1. The molecule has 0 unspecified atom stereocenters. The number of carbonyl (C=O) groups is 2. The Labute approximate surface area is 459 Å². The van der Waals surface area contributed by atoms with Crippen LogP contribution in [0.15, 0.2) is 90.4 Å². The quantitative estimate of drug-likeness (QED) is 0.0652. The number of aromatic amines is 1. The maximum atomic E-state index is 15.3. The van der Waals surface area contributed by atoms with Gasteiger partial charge >= 0.3 is 0 Å². The van der Waals surface area contributed by atoms with Gasteiger partial charge in [-0.15, -0.1) is 0 Å². The van der Waals surface area contributed by atoms with Crippen LogP contribution in [0.25, 0.3) is 10.8 Å². The molecular formula is C66H81N5O7. The lowest BCUT2D eigenvalue weighted by Crippen LogP contribution is -2.74. The van der Waals surface area contributed by atoms with Crippen molar-refractivity contribution in [2.75, 3.05) is 26.7 Å². The minimum absolute atomic E-state index is 0.0203. The number of methoxy groups -OCH3 is 1. The Kier molecular flexibility index (Phi) is 13.7. The van der Waals surface area contributed by atoms with Gasteiger partial charge in [0.2, 0.25) is 0 Å². The number of phenolic OH excluding ortho intramolecular Hbond substituents is 1. The predicted octanol–water partition coefficient (Wildman–Crippen LogP) is 8.51. The van der Waals surface area contributed by atoms with E-state index >= 15 is 4.79 Å². The van der Waals surface area contributed by atoms with Gasteiger partial charge in [-0.3, -0.25) is 9.59 Å². The summed E-state index contributed by atoms with van der Waals surface area (Å²) in [5.41, 5.74) is 11.1. The van der Waals surface area contributed by atoms with Crippen molar-refractivity contribution < 1.29 is 34.8 Å². The van der Waals surface area contributed by atoms with E-state index in [9.17, 15) is 25.2 Å². The number of nitrogens with one attached hydrogen (secondary N) is 4. The Morgan fingerprint density at radius 1 is 0.885 bits per heavy atom. The number of hydrogen-bond donors (Lipinski definition) is 9. The van der Waals surface area contributed by atoms with Crippen molar-refractivity contribution in [3.05, 3.63) is 118 Å². The maximum Gasteiger partial charge on any atom is 0.160 e. The number of fused-ring (bicyclic) bond motifs is 10. The fraction of sp³-hybridized carbons (Fsp3) is 0.576. The number of benzene rings is 3. The number of aryl methyl sites for hydroxylation is 1. The first-order valence-corrected chi connectivity index (χ1v) is 30.0. The number of aromatic nitrogens is 1. The van der Waals surface area contributed by atoms with Crippen LogP contribution in [0.5, 0.6) is 11.5 Å². The monoisotopic (exact) mass is 1060 g/mol. The van der Waals surface area contributed by atoms with Gasteiger partial charge in [-0.05, 0) is 187 Å². The second-order valence-electron chi connectivity index (χ2n) is 25.6. The van der Waals surface area contributed by atoms with Crippen molar-refractivity contribution >= 4 is 22.3 Å². The number of carbonyl (C=O) groups excluding carboxylic acids is 2. The third kappa shape index (κ3) is 8.58. The average molecular weight is 1060 g/mol. The number of aliphatic hydroxyl groups excluding tert-OH is 3. The van der Waals surface area contributed by atoms with Crippen LogP contribution in [0.1, 0.15) is 148 Å². The van der Waals surface area contributed by atoms with Gasteiger partial charge in [0.1, 0.15) is 11.2 Å². The van der Waals surface area contributed by atoms with Crippen molar-refractivity contribution in [1.82, 2.24) is 20.9 Å². The van der Waals surface area contributed by atoms with Crippen LogP contribution >= 0.6 is 0 Å². The van der Waals surface area contributed by atoms with E-state index in [0.717, 1.165) is 72.7 Å². The number of hydrogen-bond acceptors (Lipinski definition) is 11. The predicted molar refractivity (Wildman–Crippen MR) is 301 cm³/mol. The number of ketones is 2. The van der Waals surface area contributed by atoms with Crippen LogP contribution in [0, 0.1) is 64.6 Å². The zero-order chi connectivity index (χ0) is 53.6. The van der Waals surface area contributed by atoms with Gasteiger partial charge < -0.3 is 51.8 Å².